The van der Waals surface area contributed by atoms with Gasteiger partial charge in [0.25, 0.3) is 0 Å². The molecule has 1 aromatic carbocycles. The number of benzene rings is 1. The first-order valence-electron chi connectivity index (χ1n) is 4.44. The molecule has 0 saturated carbocycles. The van der Waals surface area contributed by atoms with E-state index in [1.165, 1.54) is 5.56 Å². The molecular weight excluding hydrogens is 240 g/mol. The lowest BCUT2D eigenvalue weighted by Crippen LogP contribution is -1.95. The van der Waals surface area contributed by atoms with Gasteiger partial charge in [-0.2, -0.15) is 5.10 Å². The van der Waals surface area contributed by atoms with Crippen molar-refractivity contribution in [2.75, 3.05) is 0 Å². The maximum absolute atomic E-state index is 4.26. The fourth-order valence-corrected chi connectivity index (χ4v) is 2.02. The van der Waals surface area contributed by atoms with E-state index < -0.39 is 0 Å². The molecule has 0 unspecified atom stereocenters. The average Bonchev–Trinajstić information content (AvgIpc) is 2.51. The van der Waals surface area contributed by atoms with Crippen molar-refractivity contribution >= 4 is 15.9 Å². The standard InChI is InChI=1S/C11H11BrN2/c1-8-3-4-11(10(12)5-8)14-7-9(2)6-13-14/h3-7H,1-2H3. The molecule has 0 spiro atoms. The van der Waals surface area contributed by atoms with Gasteiger partial charge in [0.05, 0.1) is 11.9 Å². The van der Waals surface area contributed by atoms with Crippen LogP contribution >= 0.6 is 15.9 Å². The first kappa shape index (κ1) is 9.46. The molecule has 0 aliphatic heterocycles. The van der Waals surface area contributed by atoms with Gasteiger partial charge in [-0.15, -0.1) is 0 Å². The number of rotatable bonds is 1. The van der Waals surface area contributed by atoms with Crippen molar-refractivity contribution < 1.29 is 0 Å². The molecule has 0 fully saturated rings. The molecular formula is C11H11BrN2. The fourth-order valence-electron chi connectivity index (χ4n) is 1.34. The van der Waals surface area contributed by atoms with Crippen molar-refractivity contribution in [3.05, 3.63) is 46.2 Å². The van der Waals surface area contributed by atoms with Crippen LogP contribution in [0.1, 0.15) is 11.1 Å². The highest BCUT2D eigenvalue weighted by Crippen LogP contribution is 2.21. The fraction of sp³-hybridized carbons (Fsp3) is 0.182. The maximum Gasteiger partial charge on any atom is 0.0787 e. The lowest BCUT2D eigenvalue weighted by molar-refractivity contribution is 0.875. The van der Waals surface area contributed by atoms with Crippen molar-refractivity contribution in [3.63, 3.8) is 0 Å². The van der Waals surface area contributed by atoms with Crippen molar-refractivity contribution in [2.45, 2.75) is 13.8 Å². The van der Waals surface area contributed by atoms with E-state index in [9.17, 15) is 0 Å². The highest BCUT2D eigenvalue weighted by atomic mass is 79.9. The van der Waals surface area contributed by atoms with E-state index in [0.29, 0.717) is 0 Å². The summed E-state index contributed by atoms with van der Waals surface area (Å²) in [6.45, 7) is 4.11. The summed E-state index contributed by atoms with van der Waals surface area (Å²) in [6, 6.07) is 6.23. The quantitative estimate of drug-likeness (QED) is 0.760. The molecule has 14 heavy (non-hydrogen) atoms. The Hall–Kier alpha value is -1.09. The molecule has 0 N–H and O–H groups in total. The van der Waals surface area contributed by atoms with Crippen LogP contribution in [-0.4, -0.2) is 9.78 Å². The zero-order valence-corrected chi connectivity index (χ0v) is 9.75. The van der Waals surface area contributed by atoms with Crippen LogP contribution in [0.2, 0.25) is 0 Å². The van der Waals surface area contributed by atoms with Crippen LogP contribution in [0.3, 0.4) is 0 Å². The van der Waals surface area contributed by atoms with E-state index in [1.807, 2.05) is 24.0 Å². The van der Waals surface area contributed by atoms with E-state index in [-0.39, 0.29) is 0 Å². The number of hydrogen-bond acceptors (Lipinski definition) is 1. The van der Waals surface area contributed by atoms with Crippen molar-refractivity contribution in [2.24, 2.45) is 0 Å². The molecule has 3 heteroatoms. The molecule has 0 saturated heterocycles. The topological polar surface area (TPSA) is 17.8 Å². The summed E-state index contributed by atoms with van der Waals surface area (Å²) in [5.41, 5.74) is 3.48. The third-order valence-corrected chi connectivity index (χ3v) is 2.70. The van der Waals surface area contributed by atoms with Gasteiger partial charge >= 0.3 is 0 Å². The minimum absolute atomic E-state index is 1.07. The highest BCUT2D eigenvalue weighted by molar-refractivity contribution is 9.10. The first-order chi connectivity index (χ1) is 6.66. The summed E-state index contributed by atoms with van der Waals surface area (Å²) in [4.78, 5) is 0. The summed E-state index contributed by atoms with van der Waals surface area (Å²) < 4.78 is 2.94. The van der Waals surface area contributed by atoms with Gasteiger partial charge in [0.15, 0.2) is 0 Å². The monoisotopic (exact) mass is 250 g/mol. The Morgan fingerprint density at radius 2 is 2.00 bits per heavy atom. The van der Waals surface area contributed by atoms with Gasteiger partial charge in [-0.05, 0) is 53.0 Å². The normalized spacial score (nSPS) is 10.5. The van der Waals surface area contributed by atoms with Gasteiger partial charge in [-0.25, -0.2) is 4.68 Å². The van der Waals surface area contributed by atoms with Gasteiger partial charge in [-0.3, -0.25) is 0 Å². The Labute approximate surface area is 91.7 Å². The smallest absolute Gasteiger partial charge is 0.0787 e. The van der Waals surface area contributed by atoms with Gasteiger partial charge < -0.3 is 0 Å². The molecule has 2 rings (SSSR count). The number of nitrogens with zero attached hydrogens (tertiary/aromatic N) is 2. The van der Waals surface area contributed by atoms with E-state index >= 15 is 0 Å². The Balaban J connectivity index is 2.52. The number of aryl methyl sites for hydroxylation is 2. The molecule has 0 bridgehead atoms. The Kier molecular flexibility index (Phi) is 2.42. The molecule has 0 aliphatic rings. The van der Waals surface area contributed by atoms with Crippen LogP contribution < -0.4 is 0 Å². The molecule has 0 amide bonds. The average molecular weight is 251 g/mol. The lowest BCUT2D eigenvalue weighted by Gasteiger charge is -2.04. The van der Waals surface area contributed by atoms with E-state index in [4.69, 9.17) is 0 Å². The molecule has 2 aromatic rings. The Morgan fingerprint density at radius 1 is 1.21 bits per heavy atom. The SMILES string of the molecule is Cc1ccc(-n2cc(C)cn2)c(Br)c1. The third-order valence-electron chi connectivity index (χ3n) is 2.06. The zero-order valence-electron chi connectivity index (χ0n) is 8.16. The summed E-state index contributed by atoms with van der Waals surface area (Å²) in [5.74, 6) is 0. The van der Waals surface area contributed by atoms with E-state index in [0.717, 1.165) is 15.7 Å². The van der Waals surface area contributed by atoms with Crippen molar-refractivity contribution in [1.82, 2.24) is 9.78 Å². The Morgan fingerprint density at radius 3 is 2.57 bits per heavy atom. The number of halogens is 1. The number of hydrogen-bond donors (Lipinski definition) is 0. The van der Waals surface area contributed by atoms with Crippen LogP contribution in [0, 0.1) is 13.8 Å². The van der Waals surface area contributed by atoms with Crippen LogP contribution in [-0.2, 0) is 0 Å². The van der Waals surface area contributed by atoms with Gasteiger partial charge in [-0.1, -0.05) is 6.07 Å². The van der Waals surface area contributed by atoms with Crippen LogP contribution in [0.15, 0.2) is 35.1 Å². The van der Waals surface area contributed by atoms with Gasteiger partial charge in [0.2, 0.25) is 0 Å². The lowest BCUT2D eigenvalue weighted by atomic mass is 10.2. The van der Waals surface area contributed by atoms with E-state index in [1.54, 1.807) is 0 Å². The largest absolute Gasteiger partial charge is 0.240 e. The molecule has 1 aromatic heterocycles. The molecule has 0 aliphatic carbocycles. The Bertz CT molecular complexity index is 460. The first-order valence-corrected chi connectivity index (χ1v) is 5.24. The second-order valence-corrected chi connectivity index (χ2v) is 4.27. The second kappa shape index (κ2) is 3.58. The van der Waals surface area contributed by atoms with E-state index in [2.05, 4.69) is 46.2 Å². The second-order valence-electron chi connectivity index (χ2n) is 3.42. The summed E-state index contributed by atoms with van der Waals surface area (Å²) in [5, 5.41) is 4.26. The molecule has 2 nitrogen and oxygen atoms in total. The van der Waals surface area contributed by atoms with Crippen LogP contribution in [0.5, 0.6) is 0 Å². The number of aromatic nitrogens is 2. The molecule has 1 heterocycles. The summed E-state index contributed by atoms with van der Waals surface area (Å²) in [6.07, 6.45) is 3.86. The molecule has 0 atom stereocenters. The van der Waals surface area contributed by atoms with Gasteiger partial charge in [0, 0.05) is 10.7 Å². The predicted molar refractivity (Wildman–Crippen MR) is 60.7 cm³/mol. The summed E-state index contributed by atoms with van der Waals surface area (Å²) >= 11 is 3.53. The van der Waals surface area contributed by atoms with Crippen LogP contribution in [0.25, 0.3) is 5.69 Å². The maximum atomic E-state index is 4.26. The minimum atomic E-state index is 1.07. The minimum Gasteiger partial charge on any atom is -0.240 e. The van der Waals surface area contributed by atoms with Gasteiger partial charge in [0.1, 0.15) is 0 Å². The third kappa shape index (κ3) is 1.73. The van der Waals surface area contributed by atoms with Crippen LogP contribution in [0.4, 0.5) is 0 Å². The highest BCUT2D eigenvalue weighted by Gasteiger charge is 2.02. The van der Waals surface area contributed by atoms with Crippen molar-refractivity contribution in [3.8, 4) is 5.69 Å². The predicted octanol–water partition coefficient (Wildman–Crippen LogP) is 3.25. The molecule has 0 radical (unpaired) electrons. The molecule has 72 valence electrons. The zero-order chi connectivity index (χ0) is 10.1. The summed E-state index contributed by atoms with van der Waals surface area (Å²) in [7, 11) is 0. The van der Waals surface area contributed by atoms with Crippen molar-refractivity contribution in [1.29, 1.82) is 0 Å².